The fourth-order valence-electron chi connectivity index (χ4n) is 5.66. The lowest BCUT2D eigenvalue weighted by molar-refractivity contribution is -0.154. The summed E-state index contributed by atoms with van der Waals surface area (Å²) in [5, 5.41) is 10.3. The van der Waals surface area contributed by atoms with E-state index in [0.717, 1.165) is 42.6 Å². The van der Waals surface area contributed by atoms with Crippen molar-refractivity contribution in [2.45, 2.75) is 75.0 Å². The van der Waals surface area contributed by atoms with E-state index < -0.39 is 11.0 Å². The van der Waals surface area contributed by atoms with Gasteiger partial charge in [0.25, 0.3) is 0 Å². The molecular formula is C29H34N2O4. The van der Waals surface area contributed by atoms with Crippen LogP contribution in [0.4, 0.5) is 0 Å². The van der Waals surface area contributed by atoms with Gasteiger partial charge in [-0.25, -0.2) is 0 Å². The van der Waals surface area contributed by atoms with Gasteiger partial charge in [-0.3, -0.25) is 9.69 Å². The fourth-order valence-corrected chi connectivity index (χ4v) is 5.66. The van der Waals surface area contributed by atoms with Crippen molar-refractivity contribution in [3.05, 3.63) is 59.7 Å². The molecule has 6 nitrogen and oxygen atoms in total. The predicted molar refractivity (Wildman–Crippen MR) is 132 cm³/mol. The van der Waals surface area contributed by atoms with Crippen molar-refractivity contribution < 1.29 is 19.0 Å². The Morgan fingerprint density at radius 1 is 1.03 bits per heavy atom. The molecule has 2 aliphatic carbocycles. The number of hydrogen-bond donors (Lipinski definition) is 0. The van der Waals surface area contributed by atoms with Gasteiger partial charge in [-0.05, 0) is 74.6 Å². The lowest BCUT2D eigenvalue weighted by atomic mass is 9.73. The number of benzene rings is 2. The van der Waals surface area contributed by atoms with E-state index in [1.165, 1.54) is 12.8 Å². The standard InChI is InChI=1S/C29H34N2O4/c1-33-25-12-11-23(19-26(25)35-24-9-5-6-10-24)28(21-30)15-17-31(18-16-28)29(13-14-29)27(32)34-20-22-7-3-2-4-8-22/h2-4,7-8,11-12,19,24H,5-6,9-10,13-18,20H2,1H3. The van der Waals surface area contributed by atoms with E-state index in [0.29, 0.717) is 38.3 Å². The number of likely N-dealkylation sites (tertiary alicyclic amines) is 1. The van der Waals surface area contributed by atoms with E-state index in [1.807, 2.05) is 48.5 Å². The van der Waals surface area contributed by atoms with E-state index in [9.17, 15) is 10.1 Å². The number of ether oxygens (including phenoxy) is 3. The number of esters is 1. The molecule has 35 heavy (non-hydrogen) atoms. The minimum atomic E-state index is -0.597. The smallest absolute Gasteiger partial charge is 0.326 e. The normalized spacial score (nSPS) is 21.1. The maximum absolute atomic E-state index is 13.0. The van der Waals surface area contributed by atoms with Gasteiger partial charge in [0.2, 0.25) is 0 Å². The minimum absolute atomic E-state index is 0.137. The van der Waals surface area contributed by atoms with Gasteiger partial charge in [0, 0.05) is 13.1 Å². The second kappa shape index (κ2) is 9.91. The summed E-state index contributed by atoms with van der Waals surface area (Å²) in [4.78, 5) is 15.3. The predicted octanol–water partition coefficient (Wildman–Crippen LogP) is 5.15. The molecule has 2 aromatic carbocycles. The van der Waals surface area contributed by atoms with Gasteiger partial charge < -0.3 is 14.2 Å². The molecule has 0 aromatic heterocycles. The molecule has 0 atom stereocenters. The Kier molecular flexibility index (Phi) is 6.71. The lowest BCUT2D eigenvalue weighted by Gasteiger charge is -2.41. The monoisotopic (exact) mass is 474 g/mol. The van der Waals surface area contributed by atoms with Crippen molar-refractivity contribution in [3.63, 3.8) is 0 Å². The number of carbonyl (C=O) groups excluding carboxylic acids is 1. The van der Waals surface area contributed by atoms with Gasteiger partial charge in [0.05, 0.1) is 24.7 Å². The summed E-state index contributed by atoms with van der Waals surface area (Å²) >= 11 is 0. The Hall–Kier alpha value is -3.04. The molecule has 0 spiro atoms. The van der Waals surface area contributed by atoms with E-state index in [4.69, 9.17) is 14.2 Å². The van der Waals surface area contributed by atoms with Crippen LogP contribution in [0.2, 0.25) is 0 Å². The number of methoxy groups -OCH3 is 1. The van der Waals surface area contributed by atoms with Crippen molar-refractivity contribution in [2.24, 2.45) is 0 Å². The zero-order valence-corrected chi connectivity index (χ0v) is 20.5. The first kappa shape index (κ1) is 23.7. The maximum atomic E-state index is 13.0. The SMILES string of the molecule is COc1ccc(C2(C#N)CCN(C3(C(=O)OCc4ccccc4)CC3)CC2)cc1OC1CCCC1. The van der Waals surface area contributed by atoms with Crippen molar-refractivity contribution in [1.29, 1.82) is 5.26 Å². The summed E-state index contributed by atoms with van der Waals surface area (Å²) in [6, 6.07) is 18.3. The van der Waals surface area contributed by atoms with Crippen LogP contribution in [0.5, 0.6) is 11.5 Å². The summed E-state index contributed by atoms with van der Waals surface area (Å²) in [5.74, 6) is 1.31. The lowest BCUT2D eigenvalue weighted by Crippen LogP contribution is -2.51. The number of rotatable bonds is 8. The number of nitrogens with zero attached hydrogens (tertiary/aromatic N) is 2. The van der Waals surface area contributed by atoms with Crippen LogP contribution in [0.1, 0.15) is 62.5 Å². The summed E-state index contributed by atoms with van der Waals surface area (Å²) < 4.78 is 17.5. The van der Waals surface area contributed by atoms with Gasteiger partial charge in [-0.15, -0.1) is 0 Å². The molecule has 2 saturated carbocycles. The highest BCUT2D eigenvalue weighted by molar-refractivity contribution is 5.84. The van der Waals surface area contributed by atoms with Crippen LogP contribution in [0.25, 0.3) is 0 Å². The minimum Gasteiger partial charge on any atom is -0.493 e. The van der Waals surface area contributed by atoms with Crippen molar-refractivity contribution >= 4 is 5.97 Å². The first-order chi connectivity index (χ1) is 17.1. The highest BCUT2D eigenvalue weighted by atomic mass is 16.5. The van der Waals surface area contributed by atoms with Crippen LogP contribution >= 0.6 is 0 Å². The van der Waals surface area contributed by atoms with Gasteiger partial charge in [0.15, 0.2) is 11.5 Å². The maximum Gasteiger partial charge on any atom is 0.326 e. The Balaban J connectivity index is 1.26. The first-order valence-electron chi connectivity index (χ1n) is 12.8. The molecule has 1 aliphatic heterocycles. The Morgan fingerprint density at radius 2 is 1.74 bits per heavy atom. The molecule has 0 radical (unpaired) electrons. The zero-order chi connectivity index (χ0) is 24.3. The topological polar surface area (TPSA) is 71.8 Å². The molecule has 3 aliphatic rings. The summed E-state index contributed by atoms with van der Waals surface area (Å²) in [6.07, 6.45) is 7.72. The average molecular weight is 475 g/mol. The van der Waals surface area contributed by atoms with Crippen LogP contribution in [-0.2, 0) is 21.6 Å². The molecule has 5 rings (SSSR count). The second-order valence-electron chi connectivity index (χ2n) is 10.2. The first-order valence-corrected chi connectivity index (χ1v) is 12.8. The third-order valence-corrected chi connectivity index (χ3v) is 8.06. The van der Waals surface area contributed by atoms with Crippen LogP contribution in [0, 0.1) is 11.3 Å². The van der Waals surface area contributed by atoms with Crippen LogP contribution in [0.15, 0.2) is 48.5 Å². The molecule has 0 bridgehead atoms. The molecule has 0 unspecified atom stereocenters. The van der Waals surface area contributed by atoms with Crippen LogP contribution in [0.3, 0.4) is 0 Å². The summed E-state index contributed by atoms with van der Waals surface area (Å²) in [6.45, 7) is 1.69. The van der Waals surface area contributed by atoms with Gasteiger partial charge in [0.1, 0.15) is 12.1 Å². The van der Waals surface area contributed by atoms with Gasteiger partial charge in [-0.1, -0.05) is 36.4 Å². The Labute approximate surface area is 207 Å². The third kappa shape index (κ3) is 4.75. The molecule has 1 saturated heterocycles. The molecule has 1 heterocycles. The molecule has 0 N–H and O–H groups in total. The van der Waals surface area contributed by atoms with E-state index in [-0.39, 0.29) is 12.1 Å². The molecular weight excluding hydrogens is 440 g/mol. The highest BCUT2D eigenvalue weighted by Crippen LogP contribution is 2.48. The summed E-state index contributed by atoms with van der Waals surface area (Å²) in [5.41, 5.74) is 0.854. The second-order valence-corrected chi connectivity index (χ2v) is 10.2. The quantitative estimate of drug-likeness (QED) is 0.493. The largest absolute Gasteiger partial charge is 0.493 e. The zero-order valence-electron chi connectivity index (χ0n) is 20.5. The van der Waals surface area contributed by atoms with Crippen molar-refractivity contribution in [2.75, 3.05) is 20.2 Å². The molecule has 6 heteroatoms. The molecule has 0 amide bonds. The number of nitriles is 1. The van der Waals surface area contributed by atoms with E-state index in [1.54, 1.807) is 7.11 Å². The number of carbonyl (C=O) groups is 1. The molecule has 184 valence electrons. The van der Waals surface area contributed by atoms with E-state index in [2.05, 4.69) is 11.0 Å². The third-order valence-electron chi connectivity index (χ3n) is 8.06. The number of hydrogen-bond acceptors (Lipinski definition) is 6. The fraction of sp³-hybridized carbons (Fsp3) is 0.517. The van der Waals surface area contributed by atoms with Crippen molar-refractivity contribution in [3.8, 4) is 17.6 Å². The van der Waals surface area contributed by atoms with Crippen LogP contribution < -0.4 is 9.47 Å². The Bertz CT molecular complexity index is 1080. The number of piperidine rings is 1. The average Bonchev–Trinajstić information content (AvgIpc) is 3.57. The Morgan fingerprint density at radius 3 is 2.37 bits per heavy atom. The van der Waals surface area contributed by atoms with Gasteiger partial charge in [-0.2, -0.15) is 5.26 Å². The van der Waals surface area contributed by atoms with E-state index >= 15 is 0 Å². The van der Waals surface area contributed by atoms with Crippen LogP contribution in [-0.4, -0.2) is 42.7 Å². The summed E-state index contributed by atoms with van der Waals surface area (Å²) in [7, 11) is 1.65. The highest BCUT2D eigenvalue weighted by Gasteiger charge is 2.57. The van der Waals surface area contributed by atoms with Crippen molar-refractivity contribution in [1.82, 2.24) is 4.90 Å². The molecule has 3 fully saturated rings. The van der Waals surface area contributed by atoms with Gasteiger partial charge >= 0.3 is 5.97 Å². The molecule has 2 aromatic rings.